The lowest BCUT2D eigenvalue weighted by Crippen LogP contribution is -2.24. The number of hydrogen-bond acceptors (Lipinski definition) is 3. The van der Waals surface area contributed by atoms with Crippen molar-refractivity contribution in [1.82, 2.24) is 5.32 Å². The van der Waals surface area contributed by atoms with Crippen molar-refractivity contribution >= 4 is 6.09 Å². The molecule has 0 aromatic heterocycles. The van der Waals surface area contributed by atoms with E-state index in [1.165, 1.54) is 18.2 Å². The van der Waals surface area contributed by atoms with E-state index in [0.717, 1.165) is 5.56 Å². The third-order valence-electron chi connectivity index (χ3n) is 2.93. The number of ether oxygens (including phenoxy) is 1. The summed E-state index contributed by atoms with van der Waals surface area (Å²) in [4.78, 5) is 11.5. The average Bonchev–Trinajstić information content (AvgIpc) is 2.57. The molecule has 118 valence electrons. The maximum Gasteiger partial charge on any atom is 0.407 e. The van der Waals surface area contributed by atoms with Crippen LogP contribution in [0.3, 0.4) is 0 Å². The van der Waals surface area contributed by atoms with Gasteiger partial charge in [-0.25, -0.2) is 9.18 Å². The lowest BCUT2D eigenvalue weighted by Gasteiger charge is -2.05. The third kappa shape index (κ3) is 5.36. The smallest absolute Gasteiger partial charge is 0.407 e. The van der Waals surface area contributed by atoms with E-state index < -0.39 is 17.7 Å². The number of phenolic OH excluding ortho intramolecular Hbond substituents is 1. The van der Waals surface area contributed by atoms with E-state index in [4.69, 9.17) is 4.74 Å². The molecule has 0 heterocycles. The van der Waals surface area contributed by atoms with Crippen LogP contribution in [0.25, 0.3) is 0 Å². The standard InChI is InChI=1S/C18H16FNO3/c19-17-15(10-6-11-16(17)21)9-4-5-12-20-18(22)23-13-14-7-2-1-3-8-14/h1-3,6-8,10-11,21H,5,12-13H2,(H,20,22). The number of phenols is 1. The molecule has 0 unspecified atom stereocenters. The van der Waals surface area contributed by atoms with Crippen LogP contribution in [0, 0.1) is 17.7 Å². The molecule has 0 spiro atoms. The summed E-state index contributed by atoms with van der Waals surface area (Å²) >= 11 is 0. The molecule has 2 rings (SSSR count). The van der Waals surface area contributed by atoms with E-state index in [-0.39, 0.29) is 12.2 Å². The predicted octanol–water partition coefficient (Wildman–Crippen LogP) is 3.20. The molecule has 1 amide bonds. The number of carbonyl (C=O) groups excluding carboxylic acids is 1. The average molecular weight is 313 g/mol. The Balaban J connectivity index is 1.70. The van der Waals surface area contributed by atoms with Crippen LogP contribution in [0.2, 0.25) is 0 Å². The van der Waals surface area contributed by atoms with Gasteiger partial charge >= 0.3 is 6.09 Å². The normalized spacial score (nSPS) is 9.61. The summed E-state index contributed by atoms with van der Waals surface area (Å²) in [6.45, 7) is 0.494. The molecule has 2 aromatic carbocycles. The van der Waals surface area contributed by atoms with Gasteiger partial charge in [0, 0.05) is 13.0 Å². The number of hydrogen-bond donors (Lipinski definition) is 2. The van der Waals surface area contributed by atoms with Crippen molar-refractivity contribution < 1.29 is 19.0 Å². The predicted molar refractivity (Wildman–Crippen MR) is 84.2 cm³/mol. The van der Waals surface area contributed by atoms with E-state index in [9.17, 15) is 14.3 Å². The van der Waals surface area contributed by atoms with Crippen molar-refractivity contribution in [3.8, 4) is 17.6 Å². The molecule has 0 fully saturated rings. The van der Waals surface area contributed by atoms with Gasteiger partial charge in [-0.2, -0.15) is 0 Å². The van der Waals surface area contributed by atoms with Crippen LogP contribution in [-0.2, 0) is 11.3 Å². The zero-order chi connectivity index (χ0) is 16.5. The topological polar surface area (TPSA) is 58.6 Å². The number of carbonyl (C=O) groups is 1. The highest BCUT2D eigenvalue weighted by Gasteiger charge is 2.03. The van der Waals surface area contributed by atoms with Crippen molar-refractivity contribution in [1.29, 1.82) is 0 Å². The minimum absolute atomic E-state index is 0.122. The number of rotatable bonds is 4. The van der Waals surface area contributed by atoms with E-state index in [2.05, 4.69) is 17.2 Å². The maximum atomic E-state index is 13.5. The number of alkyl carbamates (subject to hydrolysis) is 1. The van der Waals surface area contributed by atoms with Gasteiger partial charge in [0.15, 0.2) is 11.6 Å². The quantitative estimate of drug-likeness (QED) is 0.673. The van der Waals surface area contributed by atoms with Crippen LogP contribution in [0.4, 0.5) is 9.18 Å². The molecule has 0 bridgehead atoms. The first-order valence-electron chi connectivity index (χ1n) is 7.07. The number of aromatic hydroxyl groups is 1. The molecule has 23 heavy (non-hydrogen) atoms. The van der Waals surface area contributed by atoms with Crippen LogP contribution in [0.15, 0.2) is 48.5 Å². The first kappa shape index (κ1) is 16.4. The molecule has 0 atom stereocenters. The molecular formula is C18H16FNO3. The molecule has 0 aliphatic heterocycles. The highest BCUT2D eigenvalue weighted by atomic mass is 19.1. The number of nitrogens with one attached hydrogen (secondary N) is 1. The first-order valence-corrected chi connectivity index (χ1v) is 7.07. The maximum absolute atomic E-state index is 13.5. The number of amides is 1. The Hall–Kier alpha value is -3.00. The van der Waals surface area contributed by atoms with Gasteiger partial charge in [0.2, 0.25) is 0 Å². The largest absolute Gasteiger partial charge is 0.505 e. The Kier molecular flexibility index (Phi) is 6.01. The summed E-state index contributed by atoms with van der Waals surface area (Å²) in [7, 11) is 0. The fraction of sp³-hybridized carbons (Fsp3) is 0.167. The number of halogens is 1. The number of benzene rings is 2. The second kappa shape index (κ2) is 8.44. The highest BCUT2D eigenvalue weighted by Crippen LogP contribution is 2.17. The van der Waals surface area contributed by atoms with Crippen molar-refractivity contribution in [2.24, 2.45) is 0 Å². The monoisotopic (exact) mass is 313 g/mol. The molecule has 0 aliphatic carbocycles. The van der Waals surface area contributed by atoms with Gasteiger partial charge < -0.3 is 15.2 Å². The zero-order valence-corrected chi connectivity index (χ0v) is 12.4. The summed E-state index contributed by atoms with van der Waals surface area (Å²) < 4.78 is 18.5. The molecular weight excluding hydrogens is 297 g/mol. The third-order valence-corrected chi connectivity index (χ3v) is 2.93. The highest BCUT2D eigenvalue weighted by molar-refractivity contribution is 5.67. The van der Waals surface area contributed by atoms with Crippen molar-refractivity contribution in [2.45, 2.75) is 13.0 Å². The SMILES string of the molecule is O=C(NCCC#Cc1cccc(O)c1F)OCc1ccccc1. The summed E-state index contributed by atoms with van der Waals surface area (Å²) in [6.07, 6.45) is -0.186. The minimum Gasteiger partial charge on any atom is -0.505 e. The van der Waals surface area contributed by atoms with Crippen LogP contribution in [0.1, 0.15) is 17.5 Å². The van der Waals surface area contributed by atoms with Gasteiger partial charge in [0.25, 0.3) is 0 Å². The van der Waals surface area contributed by atoms with E-state index in [1.54, 1.807) is 0 Å². The minimum atomic E-state index is -0.741. The molecule has 0 radical (unpaired) electrons. The molecule has 0 saturated heterocycles. The fourth-order valence-corrected chi connectivity index (χ4v) is 1.78. The zero-order valence-electron chi connectivity index (χ0n) is 12.4. The Bertz CT molecular complexity index is 720. The molecule has 5 heteroatoms. The molecule has 0 aliphatic rings. The van der Waals surface area contributed by atoms with Gasteiger partial charge in [-0.1, -0.05) is 48.2 Å². The Morgan fingerprint density at radius 2 is 1.96 bits per heavy atom. The Morgan fingerprint density at radius 1 is 1.17 bits per heavy atom. The van der Waals surface area contributed by atoms with E-state index in [0.29, 0.717) is 13.0 Å². The van der Waals surface area contributed by atoms with Gasteiger partial charge in [0.05, 0.1) is 5.56 Å². The van der Waals surface area contributed by atoms with Crippen molar-refractivity contribution in [3.63, 3.8) is 0 Å². The molecule has 4 nitrogen and oxygen atoms in total. The second-order valence-electron chi connectivity index (χ2n) is 4.68. The molecule has 2 aromatic rings. The molecule has 0 saturated carbocycles. The second-order valence-corrected chi connectivity index (χ2v) is 4.68. The van der Waals surface area contributed by atoms with E-state index >= 15 is 0 Å². The fourth-order valence-electron chi connectivity index (χ4n) is 1.78. The Labute approximate surface area is 133 Å². The lowest BCUT2D eigenvalue weighted by atomic mass is 10.2. The summed E-state index contributed by atoms with van der Waals surface area (Å²) in [6, 6.07) is 13.6. The summed E-state index contributed by atoms with van der Waals surface area (Å²) in [5.41, 5.74) is 1.03. The van der Waals surface area contributed by atoms with E-state index in [1.807, 2.05) is 30.3 Å². The van der Waals surface area contributed by atoms with Crippen LogP contribution in [0.5, 0.6) is 5.75 Å². The van der Waals surface area contributed by atoms with Crippen LogP contribution >= 0.6 is 0 Å². The van der Waals surface area contributed by atoms with Crippen molar-refractivity contribution in [2.75, 3.05) is 6.54 Å². The van der Waals surface area contributed by atoms with Gasteiger partial charge in [0.1, 0.15) is 6.61 Å². The summed E-state index contributed by atoms with van der Waals surface area (Å²) in [5, 5.41) is 11.8. The van der Waals surface area contributed by atoms with Gasteiger partial charge in [-0.05, 0) is 17.7 Å². The summed E-state index contributed by atoms with van der Waals surface area (Å²) in [5.74, 6) is 4.16. The first-order chi connectivity index (χ1) is 11.2. The molecule has 2 N–H and O–H groups in total. The van der Waals surface area contributed by atoms with Crippen LogP contribution in [-0.4, -0.2) is 17.7 Å². The van der Waals surface area contributed by atoms with Crippen molar-refractivity contribution in [3.05, 3.63) is 65.5 Å². The van der Waals surface area contributed by atoms with Gasteiger partial charge in [-0.15, -0.1) is 0 Å². The Morgan fingerprint density at radius 3 is 2.74 bits per heavy atom. The van der Waals surface area contributed by atoms with Crippen LogP contribution < -0.4 is 5.32 Å². The van der Waals surface area contributed by atoms with Gasteiger partial charge in [-0.3, -0.25) is 0 Å². The lowest BCUT2D eigenvalue weighted by molar-refractivity contribution is 0.140.